The summed E-state index contributed by atoms with van der Waals surface area (Å²) in [6, 6.07) is 5.99. The van der Waals surface area contributed by atoms with Crippen LogP contribution in [0.25, 0.3) is 10.2 Å². The zero-order valence-corrected chi connectivity index (χ0v) is 19.0. The monoisotopic (exact) mass is 430 g/mol. The SMILES string of the molecule is COc1ccc2nc(N3CCC[C@H](C(=O)NCCCN4CCC[C@@H](C)C4)C3)sc2c1. The van der Waals surface area contributed by atoms with E-state index in [1.165, 1.54) is 25.9 Å². The maximum Gasteiger partial charge on any atom is 0.224 e. The number of carbonyl (C=O) groups is 1. The number of carbonyl (C=O) groups excluding carboxylic acids is 1. The summed E-state index contributed by atoms with van der Waals surface area (Å²) >= 11 is 1.68. The number of aromatic nitrogens is 1. The van der Waals surface area contributed by atoms with E-state index in [4.69, 9.17) is 9.72 Å². The van der Waals surface area contributed by atoms with Gasteiger partial charge < -0.3 is 19.9 Å². The second-order valence-corrected chi connectivity index (χ2v) is 9.82. The van der Waals surface area contributed by atoms with Gasteiger partial charge in [-0.25, -0.2) is 4.98 Å². The Morgan fingerprint density at radius 2 is 2.13 bits per heavy atom. The van der Waals surface area contributed by atoms with Crippen molar-refractivity contribution in [2.75, 3.05) is 51.3 Å². The molecule has 164 valence electrons. The molecule has 2 saturated heterocycles. The third-order valence-corrected chi connectivity index (χ3v) is 7.42. The molecule has 0 aliphatic carbocycles. The Kier molecular flexibility index (Phi) is 7.10. The molecule has 0 spiro atoms. The van der Waals surface area contributed by atoms with Gasteiger partial charge in [-0.2, -0.15) is 0 Å². The predicted octanol–water partition coefficient (Wildman–Crippen LogP) is 3.76. The van der Waals surface area contributed by atoms with E-state index >= 15 is 0 Å². The molecule has 30 heavy (non-hydrogen) atoms. The zero-order valence-electron chi connectivity index (χ0n) is 18.2. The van der Waals surface area contributed by atoms with Crippen LogP contribution in [-0.2, 0) is 4.79 Å². The van der Waals surface area contributed by atoms with E-state index in [0.29, 0.717) is 0 Å². The number of piperidine rings is 2. The van der Waals surface area contributed by atoms with Gasteiger partial charge in [-0.15, -0.1) is 0 Å². The summed E-state index contributed by atoms with van der Waals surface area (Å²) in [6.45, 7) is 8.35. The van der Waals surface area contributed by atoms with E-state index < -0.39 is 0 Å². The maximum absolute atomic E-state index is 12.7. The molecule has 2 aromatic rings. The molecule has 0 unspecified atom stereocenters. The van der Waals surface area contributed by atoms with Crippen molar-refractivity contribution in [3.05, 3.63) is 18.2 Å². The van der Waals surface area contributed by atoms with E-state index in [2.05, 4.69) is 22.0 Å². The fourth-order valence-electron chi connectivity index (χ4n) is 4.67. The molecule has 0 saturated carbocycles. The van der Waals surface area contributed by atoms with Crippen LogP contribution >= 0.6 is 11.3 Å². The summed E-state index contributed by atoms with van der Waals surface area (Å²) in [5.41, 5.74) is 0.995. The summed E-state index contributed by atoms with van der Waals surface area (Å²) in [4.78, 5) is 22.4. The molecule has 0 bridgehead atoms. The van der Waals surface area contributed by atoms with Gasteiger partial charge >= 0.3 is 0 Å². The van der Waals surface area contributed by atoms with Crippen LogP contribution in [0, 0.1) is 11.8 Å². The van der Waals surface area contributed by atoms with E-state index in [1.807, 2.05) is 18.2 Å². The number of nitrogens with one attached hydrogen (secondary N) is 1. The molecule has 2 aliphatic heterocycles. The largest absolute Gasteiger partial charge is 0.497 e. The second-order valence-electron chi connectivity index (χ2n) is 8.81. The van der Waals surface area contributed by atoms with E-state index in [1.54, 1.807) is 18.4 Å². The highest BCUT2D eigenvalue weighted by molar-refractivity contribution is 7.22. The molecule has 2 fully saturated rings. The fraction of sp³-hybridized carbons (Fsp3) is 0.652. The molecule has 4 rings (SSSR count). The van der Waals surface area contributed by atoms with Crippen LogP contribution in [0.15, 0.2) is 18.2 Å². The standard InChI is InChI=1S/C23H34N4O2S/c1-17-6-3-11-26(15-17)12-5-10-24-22(28)18-7-4-13-27(16-18)23-25-20-9-8-19(29-2)14-21(20)30-23/h8-9,14,17-18H,3-7,10-13,15-16H2,1-2H3,(H,24,28)/t17-,18+/m1/s1. The quantitative estimate of drug-likeness (QED) is 0.678. The number of amides is 1. The lowest BCUT2D eigenvalue weighted by Crippen LogP contribution is -2.43. The zero-order chi connectivity index (χ0) is 20.9. The number of likely N-dealkylation sites (tertiary alicyclic amines) is 1. The number of hydrogen-bond acceptors (Lipinski definition) is 6. The van der Waals surface area contributed by atoms with Gasteiger partial charge in [0.25, 0.3) is 0 Å². The number of benzene rings is 1. The molecule has 6 nitrogen and oxygen atoms in total. The number of hydrogen-bond donors (Lipinski definition) is 1. The van der Waals surface area contributed by atoms with Crippen LogP contribution in [0.3, 0.4) is 0 Å². The first-order chi connectivity index (χ1) is 14.6. The lowest BCUT2D eigenvalue weighted by atomic mass is 9.97. The molecule has 1 N–H and O–H groups in total. The Bertz CT molecular complexity index is 855. The van der Waals surface area contributed by atoms with E-state index in [0.717, 1.165) is 72.5 Å². The van der Waals surface area contributed by atoms with Crippen LogP contribution in [0.4, 0.5) is 5.13 Å². The number of rotatable bonds is 7. The Hall–Kier alpha value is -1.86. The van der Waals surface area contributed by atoms with Crippen molar-refractivity contribution in [1.82, 2.24) is 15.2 Å². The predicted molar refractivity (Wildman–Crippen MR) is 124 cm³/mol. The Morgan fingerprint density at radius 3 is 2.97 bits per heavy atom. The molecular weight excluding hydrogens is 396 g/mol. The van der Waals surface area contributed by atoms with Crippen molar-refractivity contribution < 1.29 is 9.53 Å². The number of ether oxygens (including phenoxy) is 1. The van der Waals surface area contributed by atoms with Gasteiger partial charge in [0, 0.05) is 26.2 Å². The lowest BCUT2D eigenvalue weighted by Gasteiger charge is -2.32. The Labute approximate surface area is 183 Å². The number of anilines is 1. The van der Waals surface area contributed by atoms with Crippen molar-refractivity contribution in [3.8, 4) is 5.75 Å². The lowest BCUT2D eigenvalue weighted by molar-refractivity contribution is -0.125. The van der Waals surface area contributed by atoms with Crippen LogP contribution in [-0.4, -0.2) is 62.2 Å². The third-order valence-electron chi connectivity index (χ3n) is 6.34. The average Bonchev–Trinajstić information content (AvgIpc) is 3.20. The van der Waals surface area contributed by atoms with Gasteiger partial charge in [-0.1, -0.05) is 18.3 Å². The van der Waals surface area contributed by atoms with Crippen molar-refractivity contribution in [2.45, 2.75) is 39.0 Å². The van der Waals surface area contributed by atoms with E-state index in [-0.39, 0.29) is 11.8 Å². The number of nitrogens with zero attached hydrogens (tertiary/aromatic N) is 3. The summed E-state index contributed by atoms with van der Waals surface area (Å²) in [5, 5.41) is 4.20. The summed E-state index contributed by atoms with van der Waals surface area (Å²) in [5.74, 6) is 1.92. The van der Waals surface area contributed by atoms with E-state index in [9.17, 15) is 4.79 Å². The Morgan fingerprint density at radius 1 is 1.27 bits per heavy atom. The highest BCUT2D eigenvalue weighted by Gasteiger charge is 2.27. The minimum Gasteiger partial charge on any atom is -0.497 e. The van der Waals surface area contributed by atoms with Crippen molar-refractivity contribution >= 4 is 32.6 Å². The molecule has 0 radical (unpaired) electrons. The van der Waals surface area contributed by atoms with Gasteiger partial charge in [0.2, 0.25) is 5.91 Å². The second kappa shape index (κ2) is 9.96. The smallest absolute Gasteiger partial charge is 0.224 e. The number of thiazole rings is 1. The number of methoxy groups -OCH3 is 1. The van der Waals surface area contributed by atoms with Gasteiger partial charge in [-0.3, -0.25) is 4.79 Å². The summed E-state index contributed by atoms with van der Waals surface area (Å²) in [6.07, 6.45) is 5.69. The molecule has 1 amide bonds. The topological polar surface area (TPSA) is 57.7 Å². The highest BCUT2D eigenvalue weighted by atomic mass is 32.1. The van der Waals surface area contributed by atoms with Crippen LogP contribution in [0.1, 0.15) is 39.0 Å². The molecule has 1 aromatic carbocycles. The minimum absolute atomic E-state index is 0.0512. The van der Waals surface area contributed by atoms with Gasteiger partial charge in [0.1, 0.15) is 5.75 Å². The van der Waals surface area contributed by atoms with Crippen molar-refractivity contribution in [2.24, 2.45) is 11.8 Å². The number of fused-ring (bicyclic) bond motifs is 1. The van der Waals surface area contributed by atoms with Gasteiger partial charge in [-0.05, 0) is 69.3 Å². The van der Waals surface area contributed by atoms with Crippen molar-refractivity contribution in [1.29, 1.82) is 0 Å². The first-order valence-corrected chi connectivity index (χ1v) is 12.1. The summed E-state index contributed by atoms with van der Waals surface area (Å²) < 4.78 is 6.45. The van der Waals surface area contributed by atoms with Gasteiger partial charge in [0.05, 0.1) is 23.2 Å². The van der Waals surface area contributed by atoms with Crippen LogP contribution in [0.2, 0.25) is 0 Å². The highest BCUT2D eigenvalue weighted by Crippen LogP contribution is 2.33. The maximum atomic E-state index is 12.7. The summed E-state index contributed by atoms with van der Waals surface area (Å²) in [7, 11) is 1.68. The molecular formula is C23H34N4O2S. The first-order valence-electron chi connectivity index (χ1n) is 11.3. The molecule has 2 aliphatic rings. The average molecular weight is 431 g/mol. The van der Waals surface area contributed by atoms with Crippen LogP contribution in [0.5, 0.6) is 5.75 Å². The van der Waals surface area contributed by atoms with Gasteiger partial charge in [0.15, 0.2) is 5.13 Å². The Balaban J connectivity index is 1.26. The normalized spacial score (nSPS) is 22.9. The molecule has 2 atom stereocenters. The minimum atomic E-state index is 0.0512. The molecule has 3 heterocycles. The first kappa shape index (κ1) is 21.4. The third kappa shape index (κ3) is 5.24. The van der Waals surface area contributed by atoms with Crippen molar-refractivity contribution in [3.63, 3.8) is 0 Å². The molecule has 7 heteroatoms. The fourth-order valence-corrected chi connectivity index (χ4v) is 5.70. The molecule has 1 aromatic heterocycles. The van der Waals surface area contributed by atoms with Crippen LogP contribution < -0.4 is 15.0 Å².